The van der Waals surface area contributed by atoms with E-state index in [9.17, 15) is 0 Å². The largest absolute Gasteiger partial charge is 1.00 e. The van der Waals surface area contributed by atoms with Crippen LogP contribution in [0.3, 0.4) is 0 Å². The fourth-order valence-corrected chi connectivity index (χ4v) is 4.17. The molecule has 0 aliphatic heterocycles. The number of rotatable bonds is 7. The van der Waals surface area contributed by atoms with E-state index in [0.717, 1.165) is 5.92 Å². The minimum absolute atomic E-state index is 0. The molecule has 0 radical (unpaired) electrons. The predicted octanol–water partition coefficient (Wildman–Crippen LogP) is -1.44. The average Bonchev–Trinajstić information content (AvgIpc) is 2.71. The molecule has 1 rings (SSSR count). The molecule has 0 aromatic heterocycles. The van der Waals surface area contributed by atoms with Crippen LogP contribution >= 0.6 is 0 Å². The van der Waals surface area contributed by atoms with Gasteiger partial charge in [0.1, 0.15) is 0 Å². The molecule has 0 spiro atoms. The molecule has 0 saturated heterocycles. The number of unbranched alkanes of at least 4 members (excludes halogenated alkanes) is 1. The van der Waals surface area contributed by atoms with Gasteiger partial charge in [0.2, 0.25) is 0 Å². The second-order valence-corrected chi connectivity index (χ2v) is 6.31. The van der Waals surface area contributed by atoms with Crippen molar-refractivity contribution in [3.63, 3.8) is 0 Å². The zero-order chi connectivity index (χ0) is 10.2. The number of hydrogen-bond donors (Lipinski definition) is 0. The number of allylic oxidation sites excluding steroid dienone is 4. The average molecular weight is 297 g/mol. The van der Waals surface area contributed by atoms with Crippen molar-refractivity contribution in [3.8, 4) is 0 Å². The van der Waals surface area contributed by atoms with E-state index in [4.69, 9.17) is 0 Å². The quantitative estimate of drug-likeness (QED) is 0.505. The van der Waals surface area contributed by atoms with Crippen LogP contribution in [0.4, 0.5) is 0 Å². The number of hydrogen-bond acceptors (Lipinski definition) is 0. The molecule has 0 aromatic rings. The summed E-state index contributed by atoms with van der Waals surface area (Å²) in [5.74, 6) is 1.02. The molecule has 0 nitrogen and oxygen atoms in total. The van der Waals surface area contributed by atoms with Crippen LogP contribution in [0.25, 0.3) is 0 Å². The summed E-state index contributed by atoms with van der Waals surface area (Å²) in [7, 11) is 0. The van der Waals surface area contributed by atoms with Crippen molar-refractivity contribution in [2.24, 2.45) is 5.92 Å². The molecular weight excluding hydrogens is 275 g/mol. The standard InChI is InChI=1S/C8H17.C5H5.2ClH.Ti/c1-4-6-7-8(3)5-2;1-2-4-5-3-1;;;/h8H,3-7H2,1-2H3;1-3H,4H2;2*1H;/q;;;;+2/p-2. The van der Waals surface area contributed by atoms with E-state index in [1.807, 2.05) is 0 Å². The van der Waals surface area contributed by atoms with Gasteiger partial charge in [-0.2, -0.15) is 0 Å². The Morgan fingerprint density at radius 1 is 1.31 bits per heavy atom. The van der Waals surface area contributed by atoms with E-state index in [2.05, 4.69) is 32.1 Å². The van der Waals surface area contributed by atoms with Gasteiger partial charge in [0.05, 0.1) is 0 Å². The summed E-state index contributed by atoms with van der Waals surface area (Å²) in [4.78, 5) is 0. The molecule has 1 unspecified atom stereocenters. The molecule has 0 heterocycles. The first-order chi connectivity index (χ1) is 6.86. The molecule has 1 aliphatic carbocycles. The van der Waals surface area contributed by atoms with Gasteiger partial charge >= 0.3 is 97.9 Å². The van der Waals surface area contributed by atoms with Gasteiger partial charge in [-0.1, -0.05) is 0 Å². The summed E-state index contributed by atoms with van der Waals surface area (Å²) in [6.07, 6.45) is 13.8. The summed E-state index contributed by atoms with van der Waals surface area (Å²) < 4.78 is 3.30. The van der Waals surface area contributed by atoms with Crippen molar-refractivity contribution in [2.75, 3.05) is 0 Å². The van der Waals surface area contributed by atoms with Gasteiger partial charge in [0.15, 0.2) is 0 Å². The maximum absolute atomic E-state index is 2.35. The van der Waals surface area contributed by atoms with Crippen LogP contribution < -0.4 is 24.8 Å². The van der Waals surface area contributed by atoms with Crippen LogP contribution in [0.15, 0.2) is 22.1 Å². The third kappa shape index (κ3) is 7.95. The van der Waals surface area contributed by atoms with E-state index in [0.29, 0.717) is 0 Å². The van der Waals surface area contributed by atoms with Gasteiger partial charge in [-0.25, -0.2) is 0 Å². The zero-order valence-electron chi connectivity index (χ0n) is 10.3. The van der Waals surface area contributed by atoms with Gasteiger partial charge < -0.3 is 24.8 Å². The Balaban J connectivity index is 0. The Bertz CT molecular complexity index is 212. The third-order valence-electron chi connectivity index (χ3n) is 2.93. The van der Waals surface area contributed by atoms with Crippen LogP contribution in [-0.4, -0.2) is 0 Å². The Morgan fingerprint density at radius 2 is 2.06 bits per heavy atom. The van der Waals surface area contributed by atoms with E-state index in [1.54, 1.807) is 3.88 Å². The molecule has 0 aromatic carbocycles. The summed E-state index contributed by atoms with van der Waals surface area (Å²) >= 11 is 0.223. The van der Waals surface area contributed by atoms with E-state index in [1.165, 1.54) is 36.8 Å². The second kappa shape index (κ2) is 12.2. The first-order valence-corrected chi connectivity index (χ1v) is 7.84. The number of halogens is 2. The van der Waals surface area contributed by atoms with Crippen LogP contribution in [0.2, 0.25) is 4.73 Å². The molecule has 0 N–H and O–H groups in total. The first kappa shape index (κ1) is 19.1. The molecule has 92 valence electrons. The third-order valence-corrected chi connectivity index (χ3v) is 5.44. The Hall–Kier alpha value is 0.774. The fourth-order valence-electron chi connectivity index (χ4n) is 1.80. The van der Waals surface area contributed by atoms with Gasteiger partial charge in [-0.05, 0) is 0 Å². The van der Waals surface area contributed by atoms with Gasteiger partial charge in [-0.15, -0.1) is 0 Å². The monoisotopic (exact) mass is 296 g/mol. The summed E-state index contributed by atoms with van der Waals surface area (Å²) in [5, 5.41) is 0. The van der Waals surface area contributed by atoms with Crippen LogP contribution in [-0.2, 0) is 19.2 Å². The van der Waals surface area contributed by atoms with Crippen molar-refractivity contribution < 1.29 is 44.0 Å². The van der Waals surface area contributed by atoms with Gasteiger partial charge in [-0.3, -0.25) is 0 Å². The molecule has 0 bridgehead atoms. The summed E-state index contributed by atoms with van der Waals surface area (Å²) in [6.45, 7) is 4.65. The maximum Gasteiger partial charge on any atom is -1.00 e. The zero-order valence-corrected chi connectivity index (χ0v) is 13.4. The SMILES string of the molecule is CCCCC(CC)[CH2][Ti+2][C]1=CC=CC1.[Cl-].[Cl-]. The van der Waals surface area contributed by atoms with Crippen molar-refractivity contribution in [1.29, 1.82) is 0 Å². The maximum atomic E-state index is 2.35. The van der Waals surface area contributed by atoms with E-state index >= 15 is 0 Å². The molecule has 3 heteroatoms. The Labute approximate surface area is 122 Å². The smallest absolute Gasteiger partial charge is 1.00 e. The van der Waals surface area contributed by atoms with Crippen molar-refractivity contribution >= 4 is 0 Å². The molecule has 16 heavy (non-hydrogen) atoms. The van der Waals surface area contributed by atoms with Crippen LogP contribution in [0.1, 0.15) is 46.0 Å². The topological polar surface area (TPSA) is 0 Å². The Kier molecular flexibility index (Phi) is 14.6. The normalized spacial score (nSPS) is 14.5. The van der Waals surface area contributed by atoms with Gasteiger partial charge in [0, 0.05) is 0 Å². The molecular formula is C13H22Cl2Ti. The fraction of sp³-hybridized carbons (Fsp3) is 0.692. The minimum Gasteiger partial charge on any atom is -1.00 e. The summed E-state index contributed by atoms with van der Waals surface area (Å²) in [5.41, 5.74) is 0. The van der Waals surface area contributed by atoms with Gasteiger partial charge in [0.25, 0.3) is 0 Å². The van der Waals surface area contributed by atoms with E-state index < -0.39 is 0 Å². The minimum atomic E-state index is 0. The molecule has 1 atom stereocenters. The van der Waals surface area contributed by atoms with Crippen LogP contribution in [0, 0.1) is 5.92 Å². The molecule has 0 saturated carbocycles. The predicted molar refractivity (Wildman–Crippen MR) is 60.0 cm³/mol. The Morgan fingerprint density at radius 3 is 2.56 bits per heavy atom. The second-order valence-electron chi connectivity index (χ2n) is 4.12. The first-order valence-electron chi connectivity index (χ1n) is 5.96. The van der Waals surface area contributed by atoms with Crippen molar-refractivity contribution in [2.45, 2.75) is 50.7 Å². The molecule has 0 fully saturated rings. The summed E-state index contributed by atoms with van der Waals surface area (Å²) in [6, 6.07) is 0. The van der Waals surface area contributed by atoms with E-state index in [-0.39, 0.29) is 44.0 Å². The molecule has 0 amide bonds. The van der Waals surface area contributed by atoms with Crippen molar-refractivity contribution in [1.82, 2.24) is 0 Å². The van der Waals surface area contributed by atoms with Crippen molar-refractivity contribution in [3.05, 3.63) is 22.1 Å². The molecule has 1 aliphatic rings. The van der Waals surface area contributed by atoms with Crippen LogP contribution in [0.5, 0.6) is 0 Å².